The Kier molecular flexibility index (Phi) is 6.26. The Bertz CT molecular complexity index is 150. The molecule has 0 saturated carbocycles. The minimum absolute atomic E-state index is 0.439. The Labute approximate surface area is 86.0 Å². The SMILES string of the molecule is CCCCC(/C=C/P1CP1)CCC. The van der Waals surface area contributed by atoms with E-state index in [1.807, 2.05) is 0 Å². The maximum Gasteiger partial charge on any atom is -0.00350 e. The van der Waals surface area contributed by atoms with Crippen molar-refractivity contribution in [3.05, 3.63) is 11.9 Å². The van der Waals surface area contributed by atoms with Gasteiger partial charge in [0.05, 0.1) is 0 Å². The van der Waals surface area contributed by atoms with Gasteiger partial charge < -0.3 is 0 Å². The minimum atomic E-state index is 0.439. The standard InChI is InChI=1S/C11H22P2/c1-3-5-7-11(6-4-2)8-9-13-10-12-13/h8-9,11-12H,3-7,10H2,1-2H3/b9-8+. The van der Waals surface area contributed by atoms with E-state index in [4.69, 9.17) is 0 Å². The molecule has 1 heterocycles. The first-order valence-corrected chi connectivity index (χ1v) is 9.19. The van der Waals surface area contributed by atoms with Crippen LogP contribution in [0.4, 0.5) is 0 Å². The Morgan fingerprint density at radius 3 is 2.62 bits per heavy atom. The highest BCUT2D eigenvalue weighted by Crippen LogP contribution is 2.76. The second-order valence-electron chi connectivity index (χ2n) is 3.82. The van der Waals surface area contributed by atoms with Gasteiger partial charge in [-0.1, -0.05) is 60.9 Å². The van der Waals surface area contributed by atoms with Gasteiger partial charge in [-0.2, -0.15) is 0 Å². The maximum absolute atomic E-state index is 2.55. The van der Waals surface area contributed by atoms with Crippen molar-refractivity contribution < 1.29 is 0 Å². The van der Waals surface area contributed by atoms with Gasteiger partial charge in [0.25, 0.3) is 0 Å². The normalized spacial score (nSPS) is 25.5. The van der Waals surface area contributed by atoms with Gasteiger partial charge >= 0.3 is 0 Å². The second-order valence-corrected chi connectivity index (χ2v) is 9.31. The molecule has 2 heteroatoms. The Hall–Kier alpha value is 0.600. The first-order valence-electron chi connectivity index (χ1n) is 5.55. The van der Waals surface area contributed by atoms with E-state index in [0.717, 1.165) is 5.92 Å². The molecule has 0 radical (unpaired) electrons. The molecule has 0 spiro atoms. The van der Waals surface area contributed by atoms with Crippen molar-refractivity contribution >= 4 is 15.9 Å². The summed E-state index contributed by atoms with van der Waals surface area (Å²) < 4.78 is 0. The summed E-state index contributed by atoms with van der Waals surface area (Å²) in [4.78, 5) is 0. The molecule has 1 fully saturated rings. The topological polar surface area (TPSA) is 0 Å². The van der Waals surface area contributed by atoms with Gasteiger partial charge in [0.1, 0.15) is 0 Å². The molecule has 13 heavy (non-hydrogen) atoms. The van der Waals surface area contributed by atoms with E-state index in [1.54, 1.807) is 5.90 Å². The van der Waals surface area contributed by atoms with Gasteiger partial charge in [-0.25, -0.2) is 0 Å². The molecule has 0 amide bonds. The van der Waals surface area contributed by atoms with Crippen LogP contribution in [0.1, 0.15) is 46.0 Å². The molecule has 3 atom stereocenters. The van der Waals surface area contributed by atoms with Crippen LogP contribution in [-0.4, -0.2) is 5.90 Å². The van der Waals surface area contributed by atoms with E-state index in [0.29, 0.717) is 7.61 Å². The molecule has 0 aliphatic carbocycles. The summed E-state index contributed by atoms with van der Waals surface area (Å²) in [6.45, 7) is 4.59. The van der Waals surface area contributed by atoms with Crippen LogP contribution < -0.4 is 0 Å². The highest BCUT2D eigenvalue weighted by atomic mass is 32.1. The molecule has 0 bridgehead atoms. The lowest BCUT2D eigenvalue weighted by Crippen LogP contribution is -1.95. The molecule has 1 aliphatic heterocycles. The fraction of sp³-hybridized carbons (Fsp3) is 0.818. The molecular weight excluding hydrogens is 194 g/mol. The van der Waals surface area contributed by atoms with Crippen LogP contribution >= 0.6 is 15.9 Å². The van der Waals surface area contributed by atoms with Crippen molar-refractivity contribution in [2.45, 2.75) is 46.0 Å². The van der Waals surface area contributed by atoms with E-state index in [1.165, 1.54) is 40.4 Å². The summed E-state index contributed by atoms with van der Waals surface area (Å²) in [7, 11) is 1.74. The van der Waals surface area contributed by atoms with E-state index in [2.05, 4.69) is 25.7 Å². The van der Waals surface area contributed by atoms with Gasteiger partial charge in [-0.3, -0.25) is 0 Å². The molecule has 1 rings (SSSR count). The summed E-state index contributed by atoms with van der Waals surface area (Å²) in [6.07, 6.45) is 9.47. The van der Waals surface area contributed by atoms with Crippen molar-refractivity contribution in [2.75, 3.05) is 5.90 Å². The van der Waals surface area contributed by atoms with Gasteiger partial charge in [0.2, 0.25) is 0 Å². The lowest BCUT2D eigenvalue weighted by molar-refractivity contribution is 0.512. The smallest absolute Gasteiger partial charge is 0.00350 e. The third-order valence-corrected chi connectivity index (χ3v) is 6.17. The van der Waals surface area contributed by atoms with Crippen LogP contribution in [0.25, 0.3) is 0 Å². The molecule has 76 valence electrons. The van der Waals surface area contributed by atoms with Crippen LogP contribution in [0.15, 0.2) is 11.9 Å². The maximum atomic E-state index is 2.55. The zero-order valence-corrected chi connectivity index (χ0v) is 10.8. The van der Waals surface area contributed by atoms with Crippen LogP contribution in [0.5, 0.6) is 0 Å². The molecule has 0 aromatic carbocycles. The largest absolute Gasteiger partial charge is 0.0866 e. The zero-order valence-electron chi connectivity index (χ0n) is 8.92. The number of hydrogen-bond acceptors (Lipinski definition) is 0. The third kappa shape index (κ3) is 5.82. The van der Waals surface area contributed by atoms with Crippen LogP contribution in [0.2, 0.25) is 0 Å². The molecule has 1 aliphatic rings. The van der Waals surface area contributed by atoms with Crippen molar-refractivity contribution in [1.82, 2.24) is 0 Å². The zero-order chi connectivity index (χ0) is 9.52. The average Bonchev–Trinajstić information content (AvgIpc) is 2.93. The Morgan fingerprint density at radius 2 is 2.08 bits per heavy atom. The van der Waals surface area contributed by atoms with Crippen LogP contribution in [0.3, 0.4) is 0 Å². The fourth-order valence-corrected chi connectivity index (χ4v) is 4.16. The number of unbranched alkanes of at least 4 members (excludes halogenated alkanes) is 1. The predicted molar refractivity (Wildman–Crippen MR) is 67.2 cm³/mol. The molecule has 0 nitrogen and oxygen atoms in total. The van der Waals surface area contributed by atoms with Crippen molar-refractivity contribution in [3.8, 4) is 0 Å². The summed E-state index contributed by atoms with van der Waals surface area (Å²) in [6, 6.07) is 0. The van der Waals surface area contributed by atoms with Gasteiger partial charge in [0.15, 0.2) is 0 Å². The molecule has 0 aromatic heterocycles. The van der Waals surface area contributed by atoms with E-state index < -0.39 is 0 Å². The van der Waals surface area contributed by atoms with E-state index in [-0.39, 0.29) is 0 Å². The first kappa shape index (κ1) is 11.7. The van der Waals surface area contributed by atoms with Gasteiger partial charge in [-0.15, -0.1) is 0 Å². The molecule has 0 aromatic rings. The number of hydrogen-bond donors (Lipinski definition) is 0. The molecule has 0 N–H and O–H groups in total. The summed E-state index contributed by atoms with van der Waals surface area (Å²) in [5.41, 5.74) is 0. The predicted octanol–water partition coefficient (Wildman–Crippen LogP) is 5.15. The van der Waals surface area contributed by atoms with Gasteiger partial charge in [-0.05, 0) is 24.7 Å². The fourth-order valence-electron chi connectivity index (χ4n) is 1.55. The second kappa shape index (κ2) is 6.97. The highest BCUT2D eigenvalue weighted by Gasteiger charge is 2.16. The quantitative estimate of drug-likeness (QED) is 0.516. The van der Waals surface area contributed by atoms with E-state index in [9.17, 15) is 0 Å². The number of rotatable bonds is 7. The lowest BCUT2D eigenvalue weighted by Gasteiger charge is -2.10. The number of allylic oxidation sites excluding steroid dienone is 1. The Morgan fingerprint density at radius 1 is 1.31 bits per heavy atom. The average molecular weight is 216 g/mol. The van der Waals surface area contributed by atoms with Crippen molar-refractivity contribution in [3.63, 3.8) is 0 Å². The molecule has 1 saturated heterocycles. The van der Waals surface area contributed by atoms with E-state index >= 15 is 0 Å². The highest BCUT2D eigenvalue weighted by molar-refractivity contribution is 8.39. The lowest BCUT2D eigenvalue weighted by atomic mass is 9.97. The molecule has 3 unspecified atom stereocenters. The first-order chi connectivity index (χ1) is 6.36. The monoisotopic (exact) mass is 216 g/mol. The van der Waals surface area contributed by atoms with Crippen molar-refractivity contribution in [1.29, 1.82) is 0 Å². The summed E-state index contributed by atoms with van der Waals surface area (Å²) >= 11 is 0. The summed E-state index contributed by atoms with van der Waals surface area (Å²) in [5.74, 6) is 4.99. The third-order valence-electron chi connectivity index (χ3n) is 2.47. The minimum Gasteiger partial charge on any atom is -0.0866 e. The summed E-state index contributed by atoms with van der Waals surface area (Å²) in [5, 5.41) is 0. The van der Waals surface area contributed by atoms with Crippen molar-refractivity contribution in [2.24, 2.45) is 5.92 Å². The van der Waals surface area contributed by atoms with Crippen LogP contribution in [0, 0.1) is 5.92 Å². The van der Waals surface area contributed by atoms with Crippen LogP contribution in [-0.2, 0) is 0 Å². The van der Waals surface area contributed by atoms with Gasteiger partial charge in [0, 0.05) is 0 Å². The molecular formula is C11H22P2. The Balaban J connectivity index is 2.18.